The molecule has 0 amide bonds. The smallest absolute Gasteiger partial charge is 0.220 e. The molecule has 1 aromatic carbocycles. The minimum atomic E-state index is -0.412. The van der Waals surface area contributed by atoms with Crippen molar-refractivity contribution in [3.8, 4) is 5.69 Å². The first-order valence-electron chi connectivity index (χ1n) is 8.38. The fourth-order valence-corrected chi connectivity index (χ4v) is 3.98. The number of rotatable bonds is 2. The van der Waals surface area contributed by atoms with Gasteiger partial charge in [-0.1, -0.05) is 6.42 Å². The first-order valence-corrected chi connectivity index (χ1v) is 9.17. The minimum absolute atomic E-state index is 0.272. The van der Waals surface area contributed by atoms with Gasteiger partial charge in [-0.05, 0) is 65.9 Å². The van der Waals surface area contributed by atoms with E-state index < -0.39 is 5.66 Å². The van der Waals surface area contributed by atoms with E-state index in [0.29, 0.717) is 5.96 Å². The molecule has 1 fully saturated rings. The molecule has 1 aliphatic carbocycles. The Balaban J connectivity index is 1.70. The van der Waals surface area contributed by atoms with E-state index in [0.717, 1.165) is 41.5 Å². The van der Waals surface area contributed by atoms with Crippen molar-refractivity contribution < 1.29 is 0 Å². The molecule has 8 heteroatoms. The van der Waals surface area contributed by atoms with Crippen LogP contribution in [0, 0.1) is 0 Å². The maximum Gasteiger partial charge on any atom is 0.220 e. The van der Waals surface area contributed by atoms with Crippen molar-refractivity contribution in [3.05, 3.63) is 41.1 Å². The highest BCUT2D eigenvalue weighted by Crippen LogP contribution is 2.39. The van der Waals surface area contributed by atoms with E-state index >= 15 is 0 Å². The molecule has 1 aliphatic heterocycles. The molecule has 2 aromatic rings. The largest absolute Gasteiger partial charge is 0.369 e. The summed E-state index contributed by atoms with van der Waals surface area (Å²) in [6, 6.07) is 8.09. The number of halogens is 1. The lowest BCUT2D eigenvalue weighted by molar-refractivity contribution is 0.305. The van der Waals surface area contributed by atoms with Gasteiger partial charge in [0.05, 0.1) is 16.4 Å². The number of aliphatic imine (C=N–C) groups is 2. The summed E-state index contributed by atoms with van der Waals surface area (Å²) in [5.41, 5.74) is 13.7. The van der Waals surface area contributed by atoms with Crippen LogP contribution in [0.3, 0.4) is 0 Å². The summed E-state index contributed by atoms with van der Waals surface area (Å²) in [5, 5.41) is 4.31. The third kappa shape index (κ3) is 2.90. The average Bonchev–Trinajstić information content (AvgIpc) is 3.02. The highest BCUT2D eigenvalue weighted by molar-refractivity contribution is 9.10. The zero-order valence-electron chi connectivity index (χ0n) is 13.8. The Labute approximate surface area is 154 Å². The number of nitrogens with two attached hydrogens (primary N) is 2. The number of hydrogen-bond acceptors (Lipinski definition) is 6. The molecule has 0 radical (unpaired) electrons. The lowest BCUT2D eigenvalue weighted by Gasteiger charge is -2.45. The quantitative estimate of drug-likeness (QED) is 0.807. The second kappa shape index (κ2) is 6.18. The Bertz CT molecular complexity index is 831. The molecule has 4 rings (SSSR count). The van der Waals surface area contributed by atoms with Gasteiger partial charge < -0.3 is 11.5 Å². The first-order chi connectivity index (χ1) is 12.1. The summed E-state index contributed by atoms with van der Waals surface area (Å²) in [5.74, 6) is 0.678. The van der Waals surface area contributed by atoms with Crippen LogP contribution in [0.1, 0.15) is 32.1 Å². The molecule has 0 saturated heterocycles. The van der Waals surface area contributed by atoms with Gasteiger partial charge in [0.2, 0.25) is 11.9 Å². The molecule has 0 atom stereocenters. The fourth-order valence-electron chi connectivity index (χ4n) is 3.69. The normalized spacial score (nSPS) is 19.6. The molecule has 1 spiro atoms. The van der Waals surface area contributed by atoms with Gasteiger partial charge in [0.25, 0.3) is 0 Å². The van der Waals surface area contributed by atoms with Gasteiger partial charge in [0, 0.05) is 11.9 Å². The summed E-state index contributed by atoms with van der Waals surface area (Å²) in [4.78, 5) is 10.9. The van der Waals surface area contributed by atoms with Crippen molar-refractivity contribution >= 4 is 33.5 Å². The SMILES string of the molecule is NC1=NC2(CCCCC2)N(c2ccc(-n3cc(Br)cn3)cc2)C(N)=N1. The summed E-state index contributed by atoms with van der Waals surface area (Å²) in [6.07, 6.45) is 8.97. The van der Waals surface area contributed by atoms with E-state index in [-0.39, 0.29) is 5.96 Å². The summed E-state index contributed by atoms with van der Waals surface area (Å²) < 4.78 is 2.75. The van der Waals surface area contributed by atoms with Crippen LogP contribution in [-0.2, 0) is 0 Å². The van der Waals surface area contributed by atoms with E-state index in [4.69, 9.17) is 16.5 Å². The second-order valence-electron chi connectivity index (χ2n) is 6.44. The molecule has 7 nitrogen and oxygen atoms in total. The monoisotopic (exact) mass is 401 g/mol. The van der Waals surface area contributed by atoms with Gasteiger partial charge in [-0.15, -0.1) is 0 Å². The average molecular weight is 402 g/mol. The van der Waals surface area contributed by atoms with Crippen LogP contribution in [0.15, 0.2) is 51.1 Å². The molecule has 0 bridgehead atoms. The van der Waals surface area contributed by atoms with Crippen LogP contribution in [0.25, 0.3) is 5.69 Å². The highest BCUT2D eigenvalue weighted by Gasteiger charge is 2.42. The Hall–Kier alpha value is -2.35. The molecule has 2 aliphatic rings. The van der Waals surface area contributed by atoms with E-state index in [9.17, 15) is 0 Å². The number of hydrogen-bond donors (Lipinski definition) is 2. The topological polar surface area (TPSA) is 97.8 Å². The van der Waals surface area contributed by atoms with Crippen molar-refractivity contribution in [3.63, 3.8) is 0 Å². The molecule has 0 unspecified atom stereocenters. The van der Waals surface area contributed by atoms with Crippen LogP contribution in [0.4, 0.5) is 5.69 Å². The van der Waals surface area contributed by atoms with E-state index in [1.54, 1.807) is 6.20 Å². The predicted molar refractivity (Wildman–Crippen MR) is 103 cm³/mol. The lowest BCUT2D eigenvalue weighted by Crippen LogP contribution is -2.58. The lowest BCUT2D eigenvalue weighted by atomic mass is 9.87. The Morgan fingerprint density at radius 2 is 1.68 bits per heavy atom. The molecule has 1 saturated carbocycles. The predicted octanol–water partition coefficient (Wildman–Crippen LogP) is 2.74. The molecule has 25 heavy (non-hydrogen) atoms. The number of guanidine groups is 2. The molecular weight excluding hydrogens is 382 g/mol. The summed E-state index contributed by atoms with van der Waals surface area (Å²) in [6.45, 7) is 0. The van der Waals surface area contributed by atoms with Crippen LogP contribution in [0.2, 0.25) is 0 Å². The Morgan fingerprint density at radius 3 is 2.32 bits per heavy atom. The number of aromatic nitrogens is 2. The fraction of sp³-hybridized carbons (Fsp3) is 0.353. The molecule has 1 aromatic heterocycles. The summed E-state index contributed by atoms with van der Waals surface area (Å²) >= 11 is 3.42. The Kier molecular flexibility index (Phi) is 3.99. The van der Waals surface area contributed by atoms with Crippen molar-refractivity contribution in [1.82, 2.24) is 9.78 Å². The highest BCUT2D eigenvalue weighted by atomic mass is 79.9. The number of anilines is 1. The van der Waals surface area contributed by atoms with Crippen LogP contribution < -0.4 is 16.4 Å². The standard InChI is InChI=1S/C17H20BrN7/c18-12-10-21-24(11-12)13-4-6-14(7-5-13)25-16(20)22-15(19)23-17(25)8-2-1-3-9-17/h4-7,10-11H,1-3,8-9H2,(H4,19,20,22,23). The van der Waals surface area contributed by atoms with Crippen LogP contribution in [-0.4, -0.2) is 27.4 Å². The van der Waals surface area contributed by atoms with Gasteiger partial charge in [-0.25, -0.2) is 9.67 Å². The number of benzene rings is 1. The molecule has 130 valence electrons. The van der Waals surface area contributed by atoms with Gasteiger partial charge in [0.15, 0.2) is 0 Å². The first kappa shape index (κ1) is 16.1. The van der Waals surface area contributed by atoms with Crippen molar-refractivity contribution in [2.45, 2.75) is 37.8 Å². The minimum Gasteiger partial charge on any atom is -0.369 e. The van der Waals surface area contributed by atoms with Gasteiger partial charge >= 0.3 is 0 Å². The maximum atomic E-state index is 6.25. The van der Waals surface area contributed by atoms with Crippen molar-refractivity contribution in [2.75, 3.05) is 4.90 Å². The Morgan fingerprint density at radius 1 is 1.00 bits per heavy atom. The van der Waals surface area contributed by atoms with Gasteiger partial charge in [0.1, 0.15) is 5.66 Å². The van der Waals surface area contributed by atoms with Gasteiger partial charge in [-0.2, -0.15) is 10.1 Å². The zero-order valence-corrected chi connectivity index (χ0v) is 15.4. The third-order valence-corrected chi connectivity index (χ3v) is 5.18. The molecule has 4 N–H and O–H groups in total. The summed E-state index contributed by atoms with van der Waals surface area (Å²) in [7, 11) is 0. The maximum absolute atomic E-state index is 6.25. The zero-order chi connectivity index (χ0) is 17.4. The van der Waals surface area contributed by atoms with E-state index in [2.05, 4.69) is 26.0 Å². The number of nitrogens with zero attached hydrogens (tertiary/aromatic N) is 5. The van der Waals surface area contributed by atoms with Crippen LogP contribution in [0.5, 0.6) is 0 Å². The second-order valence-corrected chi connectivity index (χ2v) is 7.35. The van der Waals surface area contributed by atoms with Crippen LogP contribution >= 0.6 is 15.9 Å². The van der Waals surface area contributed by atoms with Gasteiger partial charge in [-0.3, -0.25) is 4.90 Å². The third-order valence-electron chi connectivity index (χ3n) is 4.77. The molecule has 2 heterocycles. The van der Waals surface area contributed by atoms with Crippen molar-refractivity contribution in [1.29, 1.82) is 0 Å². The molecular formula is C17H20BrN7. The van der Waals surface area contributed by atoms with E-state index in [1.807, 2.05) is 40.0 Å². The van der Waals surface area contributed by atoms with Crippen molar-refractivity contribution in [2.24, 2.45) is 21.5 Å². The van der Waals surface area contributed by atoms with E-state index in [1.165, 1.54) is 6.42 Å².